The van der Waals surface area contributed by atoms with Crippen LogP contribution in [0, 0.1) is 5.92 Å². The molecule has 0 atom stereocenters. The van der Waals surface area contributed by atoms with Gasteiger partial charge in [0.15, 0.2) is 6.61 Å². The number of rotatable bonds is 7. The van der Waals surface area contributed by atoms with E-state index in [1.807, 2.05) is 13.8 Å². The monoisotopic (exact) mass is 320 g/mol. The number of anilines is 1. The van der Waals surface area contributed by atoms with E-state index in [0.29, 0.717) is 24.3 Å². The summed E-state index contributed by atoms with van der Waals surface area (Å²) < 4.78 is 4.86. The highest BCUT2D eigenvalue weighted by molar-refractivity contribution is 5.97. The van der Waals surface area contributed by atoms with E-state index in [4.69, 9.17) is 4.74 Å². The number of nitrogens with one attached hydrogen (secondary N) is 1. The summed E-state index contributed by atoms with van der Waals surface area (Å²) in [5.41, 5.74) is 0.999. The Balaban J connectivity index is 2.68. The van der Waals surface area contributed by atoms with Crippen LogP contribution in [-0.2, 0) is 14.3 Å². The summed E-state index contributed by atoms with van der Waals surface area (Å²) in [4.78, 5) is 37.1. The lowest BCUT2D eigenvalue weighted by Gasteiger charge is -2.19. The van der Waals surface area contributed by atoms with E-state index in [0.717, 1.165) is 0 Å². The Hall–Kier alpha value is -2.37. The smallest absolute Gasteiger partial charge is 0.308 e. The molecule has 2 amide bonds. The summed E-state index contributed by atoms with van der Waals surface area (Å²) in [5, 5.41) is 2.62. The molecule has 0 heterocycles. The second-order valence-electron chi connectivity index (χ2n) is 5.37. The minimum Gasteiger partial charge on any atom is -0.455 e. The van der Waals surface area contributed by atoms with E-state index in [1.54, 1.807) is 43.0 Å². The number of nitrogens with zero attached hydrogens (tertiary/aromatic N) is 1. The van der Waals surface area contributed by atoms with Crippen molar-refractivity contribution in [3.63, 3.8) is 0 Å². The molecule has 0 saturated carbocycles. The zero-order chi connectivity index (χ0) is 17.4. The van der Waals surface area contributed by atoms with Crippen LogP contribution in [0.25, 0.3) is 0 Å². The molecule has 1 aromatic carbocycles. The summed E-state index contributed by atoms with van der Waals surface area (Å²) in [6, 6.07) is 6.70. The van der Waals surface area contributed by atoms with Crippen LogP contribution in [0.5, 0.6) is 0 Å². The molecule has 0 spiro atoms. The Labute approximate surface area is 136 Å². The van der Waals surface area contributed by atoms with Crippen LogP contribution in [0.1, 0.15) is 38.1 Å². The Morgan fingerprint density at radius 1 is 1.17 bits per heavy atom. The van der Waals surface area contributed by atoms with Gasteiger partial charge in [0, 0.05) is 24.3 Å². The molecule has 0 bridgehead atoms. The fraction of sp³-hybridized carbons (Fsp3) is 0.471. The van der Waals surface area contributed by atoms with E-state index in [-0.39, 0.29) is 18.4 Å². The lowest BCUT2D eigenvalue weighted by atomic mass is 10.1. The van der Waals surface area contributed by atoms with Crippen molar-refractivity contribution in [2.45, 2.75) is 27.7 Å². The minimum absolute atomic E-state index is 0.0858. The molecule has 1 N–H and O–H groups in total. The molecule has 126 valence electrons. The van der Waals surface area contributed by atoms with E-state index in [9.17, 15) is 14.4 Å². The topological polar surface area (TPSA) is 75.7 Å². The highest BCUT2D eigenvalue weighted by Crippen LogP contribution is 2.13. The van der Waals surface area contributed by atoms with Gasteiger partial charge in [-0.3, -0.25) is 14.4 Å². The van der Waals surface area contributed by atoms with Crippen molar-refractivity contribution in [3.05, 3.63) is 29.8 Å². The first kappa shape index (κ1) is 18.7. The van der Waals surface area contributed by atoms with Gasteiger partial charge in [0.25, 0.3) is 11.8 Å². The summed E-state index contributed by atoms with van der Waals surface area (Å²) in [5.74, 6) is -1.23. The van der Waals surface area contributed by atoms with E-state index in [2.05, 4.69) is 5.32 Å². The molecule has 0 fully saturated rings. The maximum atomic E-state index is 12.3. The number of ether oxygens (including phenoxy) is 1. The predicted octanol–water partition coefficient (Wildman–Crippen LogP) is 2.31. The fourth-order valence-corrected chi connectivity index (χ4v) is 1.92. The maximum absolute atomic E-state index is 12.3. The SMILES string of the molecule is CCN(CC)C(=O)c1cccc(NC(=O)COC(=O)C(C)C)c1. The van der Waals surface area contributed by atoms with Gasteiger partial charge in [-0.05, 0) is 32.0 Å². The molecule has 0 aliphatic rings. The maximum Gasteiger partial charge on any atom is 0.308 e. The quantitative estimate of drug-likeness (QED) is 0.782. The summed E-state index contributed by atoms with van der Waals surface area (Å²) in [6.07, 6.45) is 0. The number of carbonyl (C=O) groups excluding carboxylic acids is 3. The third-order valence-corrected chi connectivity index (χ3v) is 3.26. The highest BCUT2D eigenvalue weighted by Gasteiger charge is 2.14. The van der Waals surface area contributed by atoms with Gasteiger partial charge in [0.05, 0.1) is 5.92 Å². The predicted molar refractivity (Wildman–Crippen MR) is 88.1 cm³/mol. The van der Waals surface area contributed by atoms with Crippen LogP contribution in [0.15, 0.2) is 24.3 Å². The number of carbonyl (C=O) groups is 3. The molecular weight excluding hydrogens is 296 g/mol. The lowest BCUT2D eigenvalue weighted by molar-refractivity contribution is -0.150. The molecule has 0 saturated heterocycles. The Bertz CT molecular complexity index is 565. The lowest BCUT2D eigenvalue weighted by Crippen LogP contribution is -2.30. The van der Waals surface area contributed by atoms with Gasteiger partial charge in [0.1, 0.15) is 0 Å². The molecule has 0 aromatic heterocycles. The molecule has 1 rings (SSSR count). The van der Waals surface area contributed by atoms with Gasteiger partial charge >= 0.3 is 5.97 Å². The van der Waals surface area contributed by atoms with Crippen LogP contribution in [0.3, 0.4) is 0 Å². The van der Waals surface area contributed by atoms with Crippen LogP contribution >= 0.6 is 0 Å². The van der Waals surface area contributed by atoms with Gasteiger partial charge < -0.3 is 15.0 Å². The van der Waals surface area contributed by atoms with Gasteiger partial charge in [-0.15, -0.1) is 0 Å². The number of benzene rings is 1. The van der Waals surface area contributed by atoms with Crippen molar-refractivity contribution in [2.24, 2.45) is 5.92 Å². The Morgan fingerprint density at radius 3 is 2.39 bits per heavy atom. The zero-order valence-corrected chi connectivity index (χ0v) is 14.1. The Kier molecular flexibility index (Phi) is 7.25. The molecule has 0 unspecified atom stereocenters. The first-order valence-corrected chi connectivity index (χ1v) is 7.74. The van der Waals surface area contributed by atoms with Crippen molar-refractivity contribution in [3.8, 4) is 0 Å². The minimum atomic E-state index is -0.438. The molecule has 6 heteroatoms. The summed E-state index contributed by atoms with van der Waals surface area (Å²) in [6.45, 7) is 8.12. The molecule has 1 aromatic rings. The van der Waals surface area contributed by atoms with Crippen molar-refractivity contribution >= 4 is 23.5 Å². The molecular formula is C17H24N2O4. The van der Waals surface area contributed by atoms with Crippen molar-refractivity contribution in [2.75, 3.05) is 25.0 Å². The fourth-order valence-electron chi connectivity index (χ4n) is 1.92. The highest BCUT2D eigenvalue weighted by atomic mass is 16.5. The first-order valence-electron chi connectivity index (χ1n) is 7.74. The van der Waals surface area contributed by atoms with Crippen LogP contribution in [0.4, 0.5) is 5.69 Å². The number of hydrogen-bond acceptors (Lipinski definition) is 4. The van der Waals surface area contributed by atoms with Crippen LogP contribution in [-0.4, -0.2) is 42.4 Å². The van der Waals surface area contributed by atoms with Gasteiger partial charge in [-0.2, -0.15) is 0 Å². The third-order valence-electron chi connectivity index (χ3n) is 3.26. The summed E-state index contributed by atoms with van der Waals surface area (Å²) in [7, 11) is 0. The Morgan fingerprint density at radius 2 is 1.83 bits per heavy atom. The number of amides is 2. The van der Waals surface area contributed by atoms with Gasteiger partial charge in [0.2, 0.25) is 0 Å². The zero-order valence-electron chi connectivity index (χ0n) is 14.1. The van der Waals surface area contributed by atoms with Crippen LogP contribution in [0.2, 0.25) is 0 Å². The molecule has 0 aliphatic carbocycles. The van der Waals surface area contributed by atoms with Gasteiger partial charge in [-0.1, -0.05) is 19.9 Å². The molecule has 0 radical (unpaired) electrons. The largest absolute Gasteiger partial charge is 0.455 e. The van der Waals surface area contributed by atoms with Crippen molar-refractivity contribution in [1.82, 2.24) is 4.90 Å². The molecule has 0 aliphatic heterocycles. The normalized spacial score (nSPS) is 10.3. The molecule has 6 nitrogen and oxygen atoms in total. The van der Waals surface area contributed by atoms with E-state index < -0.39 is 11.9 Å². The van der Waals surface area contributed by atoms with E-state index >= 15 is 0 Å². The molecule has 23 heavy (non-hydrogen) atoms. The summed E-state index contributed by atoms with van der Waals surface area (Å²) >= 11 is 0. The average molecular weight is 320 g/mol. The second kappa shape index (κ2) is 8.92. The van der Waals surface area contributed by atoms with E-state index in [1.165, 1.54) is 0 Å². The van der Waals surface area contributed by atoms with Crippen molar-refractivity contribution in [1.29, 1.82) is 0 Å². The number of hydrogen-bond donors (Lipinski definition) is 1. The standard InChI is InChI=1S/C17H24N2O4/c1-5-19(6-2)16(21)13-8-7-9-14(10-13)18-15(20)11-23-17(22)12(3)4/h7-10,12H,5-6,11H2,1-4H3,(H,18,20). The number of esters is 1. The van der Waals surface area contributed by atoms with Gasteiger partial charge in [-0.25, -0.2) is 0 Å². The average Bonchev–Trinajstić information content (AvgIpc) is 2.53. The second-order valence-corrected chi connectivity index (χ2v) is 5.37. The first-order chi connectivity index (χ1) is 10.9. The van der Waals surface area contributed by atoms with Crippen LogP contribution < -0.4 is 5.32 Å². The third kappa shape index (κ3) is 5.73. The van der Waals surface area contributed by atoms with Crippen molar-refractivity contribution < 1.29 is 19.1 Å².